The van der Waals surface area contributed by atoms with Crippen LogP contribution < -0.4 is 4.74 Å². The van der Waals surface area contributed by atoms with Crippen molar-refractivity contribution in [3.05, 3.63) is 36.7 Å². The second-order valence-electron chi connectivity index (χ2n) is 5.13. The molecule has 0 unspecified atom stereocenters. The molecule has 0 fully saturated rings. The number of aromatic nitrogens is 4. The van der Waals surface area contributed by atoms with Crippen LogP contribution in [0.15, 0.2) is 41.8 Å². The third kappa shape index (κ3) is 3.84. The lowest BCUT2D eigenvalue weighted by molar-refractivity contribution is 0.348. The van der Waals surface area contributed by atoms with Gasteiger partial charge in [-0.05, 0) is 24.8 Å². The zero-order valence-electron chi connectivity index (χ0n) is 13.8. The predicted octanol–water partition coefficient (Wildman–Crippen LogP) is 4.06. The summed E-state index contributed by atoms with van der Waals surface area (Å²) in [6, 6.07) is 7.88. The van der Waals surface area contributed by atoms with Crippen molar-refractivity contribution >= 4 is 34.4 Å². The van der Waals surface area contributed by atoms with Gasteiger partial charge in [-0.15, -0.1) is 0 Å². The van der Waals surface area contributed by atoms with Gasteiger partial charge in [-0.3, -0.25) is 0 Å². The number of nitrogens with zero attached hydrogens (tertiary/aromatic N) is 4. The Morgan fingerprint density at radius 3 is 2.96 bits per heavy atom. The Hall–Kier alpha value is -1.73. The van der Waals surface area contributed by atoms with Crippen LogP contribution in [-0.4, -0.2) is 44.1 Å². The van der Waals surface area contributed by atoms with Crippen LogP contribution >= 0.6 is 23.5 Å². The fraction of sp³-hybridized carbons (Fsp3) is 0.353. The maximum atomic E-state index is 5.87. The van der Waals surface area contributed by atoms with Gasteiger partial charge in [0.2, 0.25) is 0 Å². The molecule has 2 aromatic heterocycles. The van der Waals surface area contributed by atoms with Crippen LogP contribution in [0.1, 0.15) is 13.3 Å². The monoisotopic (exact) mass is 360 g/mol. The fourth-order valence-corrected chi connectivity index (χ4v) is 3.21. The Balaban J connectivity index is 1.92. The largest absolute Gasteiger partial charge is 0.492 e. The molecule has 2 heterocycles. The lowest BCUT2D eigenvalue weighted by atomic mass is 10.2. The molecule has 0 radical (unpaired) electrons. The summed E-state index contributed by atoms with van der Waals surface area (Å²) in [4.78, 5) is 8.93. The van der Waals surface area contributed by atoms with Crippen molar-refractivity contribution in [3.63, 3.8) is 0 Å². The lowest BCUT2D eigenvalue weighted by Gasteiger charge is -2.07. The Bertz CT molecular complexity index is 806. The second kappa shape index (κ2) is 8.39. The molecular formula is C17H20N4OS2. The molecule has 0 aliphatic carbocycles. The van der Waals surface area contributed by atoms with Crippen molar-refractivity contribution < 1.29 is 4.74 Å². The zero-order valence-corrected chi connectivity index (χ0v) is 15.4. The van der Waals surface area contributed by atoms with Crippen molar-refractivity contribution in [2.24, 2.45) is 0 Å². The first kappa shape index (κ1) is 17.1. The van der Waals surface area contributed by atoms with Gasteiger partial charge in [-0.1, -0.05) is 24.8 Å². The van der Waals surface area contributed by atoms with Gasteiger partial charge in [-0.2, -0.15) is 16.9 Å². The fourth-order valence-electron chi connectivity index (χ4n) is 2.28. The first-order chi connectivity index (χ1) is 11.8. The highest BCUT2D eigenvalue weighted by atomic mass is 32.2. The van der Waals surface area contributed by atoms with Crippen molar-refractivity contribution in [1.29, 1.82) is 0 Å². The van der Waals surface area contributed by atoms with E-state index in [-0.39, 0.29) is 0 Å². The molecule has 0 aliphatic heterocycles. The highest BCUT2D eigenvalue weighted by Gasteiger charge is 2.11. The zero-order chi connectivity index (χ0) is 16.8. The molecule has 0 bridgehead atoms. The van der Waals surface area contributed by atoms with Crippen molar-refractivity contribution in [3.8, 4) is 11.6 Å². The summed E-state index contributed by atoms with van der Waals surface area (Å²) < 4.78 is 7.72. The Labute approximate surface area is 150 Å². The molecule has 3 aromatic rings. The van der Waals surface area contributed by atoms with Gasteiger partial charge < -0.3 is 4.74 Å². The van der Waals surface area contributed by atoms with E-state index in [9.17, 15) is 0 Å². The summed E-state index contributed by atoms with van der Waals surface area (Å²) in [6.07, 6.45) is 6.79. The van der Waals surface area contributed by atoms with Gasteiger partial charge in [0.1, 0.15) is 5.75 Å². The minimum absolute atomic E-state index is 0.691. The molecule has 5 nitrogen and oxygen atoms in total. The van der Waals surface area contributed by atoms with Crippen LogP contribution in [0.4, 0.5) is 0 Å². The smallest absolute Gasteiger partial charge is 0.189 e. The van der Waals surface area contributed by atoms with Crippen LogP contribution in [0.2, 0.25) is 0 Å². The molecule has 7 heteroatoms. The lowest BCUT2D eigenvalue weighted by Crippen LogP contribution is -2.02. The number of rotatable bonds is 8. The van der Waals surface area contributed by atoms with Crippen LogP contribution in [0.3, 0.4) is 0 Å². The minimum atomic E-state index is 0.691. The molecule has 0 spiro atoms. The average molecular weight is 361 g/mol. The number of hydrogen-bond acceptors (Lipinski definition) is 6. The molecule has 1 aromatic carbocycles. The van der Waals surface area contributed by atoms with E-state index in [1.807, 2.05) is 35.1 Å². The summed E-state index contributed by atoms with van der Waals surface area (Å²) in [6.45, 7) is 2.84. The van der Waals surface area contributed by atoms with Crippen molar-refractivity contribution in [2.75, 3.05) is 24.4 Å². The Morgan fingerprint density at radius 1 is 1.21 bits per heavy atom. The van der Waals surface area contributed by atoms with Crippen molar-refractivity contribution in [2.45, 2.75) is 18.5 Å². The van der Waals surface area contributed by atoms with E-state index in [1.54, 1.807) is 29.7 Å². The highest BCUT2D eigenvalue weighted by molar-refractivity contribution is 7.99. The van der Waals surface area contributed by atoms with Crippen LogP contribution in [0.25, 0.3) is 16.7 Å². The van der Waals surface area contributed by atoms with Gasteiger partial charge in [0.15, 0.2) is 11.0 Å². The van der Waals surface area contributed by atoms with Gasteiger partial charge in [0.05, 0.1) is 23.7 Å². The molecule has 0 saturated heterocycles. The Kier molecular flexibility index (Phi) is 5.98. The normalized spacial score (nSPS) is 11.1. The molecular weight excluding hydrogens is 340 g/mol. The maximum absolute atomic E-state index is 5.87. The van der Waals surface area contributed by atoms with Crippen LogP contribution in [0.5, 0.6) is 5.75 Å². The van der Waals surface area contributed by atoms with E-state index in [1.165, 1.54) is 0 Å². The van der Waals surface area contributed by atoms with Gasteiger partial charge in [0, 0.05) is 23.8 Å². The highest BCUT2D eigenvalue weighted by Crippen LogP contribution is 2.27. The molecule has 0 saturated carbocycles. The third-order valence-electron chi connectivity index (χ3n) is 3.39. The van der Waals surface area contributed by atoms with Gasteiger partial charge >= 0.3 is 0 Å². The predicted molar refractivity (Wildman–Crippen MR) is 102 cm³/mol. The number of fused-ring (bicyclic) bond motifs is 1. The number of thioether (sulfide) groups is 2. The molecule has 126 valence electrons. The summed E-state index contributed by atoms with van der Waals surface area (Å²) in [5.74, 6) is 3.62. The summed E-state index contributed by atoms with van der Waals surface area (Å²) in [5.41, 5.74) is 0.988. The van der Waals surface area contributed by atoms with Gasteiger partial charge in [0.25, 0.3) is 0 Å². The summed E-state index contributed by atoms with van der Waals surface area (Å²) in [7, 11) is 0. The van der Waals surface area contributed by atoms with Crippen LogP contribution in [-0.2, 0) is 0 Å². The van der Waals surface area contributed by atoms with E-state index in [0.717, 1.165) is 45.6 Å². The number of hydrogen-bond donors (Lipinski definition) is 0. The van der Waals surface area contributed by atoms with E-state index in [0.29, 0.717) is 6.61 Å². The number of benzene rings is 1. The molecule has 0 N–H and O–H groups in total. The van der Waals surface area contributed by atoms with E-state index in [2.05, 4.69) is 28.2 Å². The van der Waals surface area contributed by atoms with Crippen LogP contribution in [0, 0.1) is 0 Å². The average Bonchev–Trinajstić information content (AvgIpc) is 3.05. The van der Waals surface area contributed by atoms with E-state index < -0.39 is 0 Å². The second-order valence-corrected chi connectivity index (χ2v) is 7.18. The first-order valence-electron chi connectivity index (χ1n) is 7.88. The SMILES string of the molecule is CCCSc1nccc(-n2ncc3c(OCCSC)cccc32)n1. The first-order valence-corrected chi connectivity index (χ1v) is 10.3. The standard InChI is InChI=1S/C17H20N4OS2/c1-3-10-24-17-18-8-7-16(20-17)21-14-5-4-6-15(13(14)12-19-21)22-9-11-23-2/h4-8,12H,3,9-11H2,1-2H3. The maximum Gasteiger partial charge on any atom is 0.189 e. The molecule has 0 amide bonds. The quantitative estimate of drug-likeness (QED) is 0.343. The minimum Gasteiger partial charge on any atom is -0.492 e. The van der Waals surface area contributed by atoms with E-state index >= 15 is 0 Å². The third-order valence-corrected chi connectivity index (χ3v) is 5.03. The number of ether oxygens (including phenoxy) is 1. The topological polar surface area (TPSA) is 52.8 Å². The van der Waals surface area contributed by atoms with Crippen molar-refractivity contribution in [1.82, 2.24) is 19.7 Å². The van der Waals surface area contributed by atoms with Gasteiger partial charge in [-0.25, -0.2) is 14.6 Å². The summed E-state index contributed by atoms with van der Waals surface area (Å²) in [5, 5.41) is 6.29. The van der Waals surface area contributed by atoms with E-state index in [4.69, 9.17) is 4.74 Å². The molecule has 3 rings (SSSR count). The Morgan fingerprint density at radius 2 is 2.12 bits per heavy atom. The summed E-state index contributed by atoms with van der Waals surface area (Å²) >= 11 is 3.43. The molecule has 24 heavy (non-hydrogen) atoms. The molecule has 0 atom stereocenters. The molecule has 0 aliphatic rings.